The molecule has 0 aliphatic rings. The van der Waals surface area contributed by atoms with E-state index in [1.807, 2.05) is 30.3 Å². The van der Waals surface area contributed by atoms with Crippen molar-refractivity contribution in [2.24, 2.45) is 0 Å². The third-order valence-electron chi connectivity index (χ3n) is 2.56. The number of fused-ring (bicyclic) bond motifs is 1. The molecule has 3 heteroatoms. The largest absolute Gasteiger partial charge is 0.496 e. The molecule has 2 rings (SSSR count). The van der Waals surface area contributed by atoms with Crippen LogP contribution in [0.3, 0.4) is 0 Å². The Morgan fingerprint density at radius 1 is 1.19 bits per heavy atom. The van der Waals surface area contributed by atoms with Crippen LogP contribution in [0.15, 0.2) is 30.3 Å². The fraction of sp³-hybridized carbons (Fsp3) is 0.154. The van der Waals surface area contributed by atoms with Crippen LogP contribution in [0.25, 0.3) is 10.8 Å². The van der Waals surface area contributed by atoms with Crippen molar-refractivity contribution >= 4 is 22.2 Å². The number of hydrogen-bond donors (Lipinski definition) is 1. The Morgan fingerprint density at radius 3 is 2.56 bits per heavy atom. The van der Waals surface area contributed by atoms with Crippen LogP contribution in [0.1, 0.15) is 17.3 Å². The van der Waals surface area contributed by atoms with Crippen molar-refractivity contribution in [2.45, 2.75) is 6.92 Å². The number of Topliss-reactive ketones (excluding diaryl/α,β-unsaturated/α-hetero) is 1. The van der Waals surface area contributed by atoms with E-state index in [0.29, 0.717) is 17.0 Å². The van der Waals surface area contributed by atoms with Gasteiger partial charge < -0.3 is 10.5 Å². The molecule has 0 aliphatic heterocycles. The molecule has 0 bridgehead atoms. The molecular formula is C13H13NO2. The smallest absolute Gasteiger partial charge is 0.163 e. The van der Waals surface area contributed by atoms with Crippen molar-refractivity contribution in [1.29, 1.82) is 0 Å². The molecule has 0 radical (unpaired) electrons. The molecule has 0 fully saturated rings. The Hall–Kier alpha value is -2.03. The minimum atomic E-state index is -0.0128. The van der Waals surface area contributed by atoms with Crippen LogP contribution in [0.4, 0.5) is 5.69 Å². The average Bonchev–Trinajstić information content (AvgIpc) is 2.27. The van der Waals surface area contributed by atoms with E-state index < -0.39 is 0 Å². The molecule has 0 spiro atoms. The molecule has 82 valence electrons. The standard InChI is InChI=1S/C13H13NO2/c1-8(15)12-6-10-5-11(14)4-3-9(10)7-13(12)16-2/h3-7H,14H2,1-2H3. The maximum Gasteiger partial charge on any atom is 0.163 e. The molecule has 2 N–H and O–H groups in total. The monoisotopic (exact) mass is 215 g/mol. The van der Waals surface area contributed by atoms with E-state index in [1.54, 1.807) is 7.11 Å². The summed E-state index contributed by atoms with van der Waals surface area (Å²) >= 11 is 0. The lowest BCUT2D eigenvalue weighted by Gasteiger charge is -2.08. The third-order valence-corrected chi connectivity index (χ3v) is 2.56. The van der Waals surface area contributed by atoms with Gasteiger partial charge in [0.15, 0.2) is 5.78 Å². The second-order valence-electron chi connectivity index (χ2n) is 3.72. The number of ether oxygens (including phenoxy) is 1. The van der Waals surface area contributed by atoms with Gasteiger partial charge in [-0.15, -0.1) is 0 Å². The highest BCUT2D eigenvalue weighted by atomic mass is 16.5. The molecule has 0 aliphatic carbocycles. The summed E-state index contributed by atoms with van der Waals surface area (Å²) in [5.41, 5.74) is 6.98. The zero-order valence-corrected chi connectivity index (χ0v) is 9.28. The highest BCUT2D eigenvalue weighted by Crippen LogP contribution is 2.27. The molecule has 0 amide bonds. The number of nitrogens with two attached hydrogens (primary N) is 1. The summed E-state index contributed by atoms with van der Waals surface area (Å²) in [6, 6.07) is 9.26. The average molecular weight is 215 g/mol. The number of benzene rings is 2. The van der Waals surface area contributed by atoms with Crippen LogP contribution in [0.2, 0.25) is 0 Å². The SMILES string of the molecule is COc1cc2ccc(N)cc2cc1C(C)=O. The molecule has 16 heavy (non-hydrogen) atoms. The molecular weight excluding hydrogens is 202 g/mol. The van der Waals surface area contributed by atoms with Gasteiger partial charge in [0, 0.05) is 5.69 Å². The number of anilines is 1. The van der Waals surface area contributed by atoms with E-state index in [4.69, 9.17) is 10.5 Å². The molecule has 0 saturated heterocycles. The van der Waals surface area contributed by atoms with Crippen LogP contribution in [-0.4, -0.2) is 12.9 Å². The molecule has 2 aromatic carbocycles. The van der Waals surface area contributed by atoms with Gasteiger partial charge in [-0.2, -0.15) is 0 Å². The van der Waals surface area contributed by atoms with Crippen LogP contribution >= 0.6 is 0 Å². The molecule has 2 aromatic rings. The van der Waals surface area contributed by atoms with Crippen LogP contribution in [0.5, 0.6) is 5.75 Å². The van der Waals surface area contributed by atoms with E-state index in [-0.39, 0.29) is 5.78 Å². The van der Waals surface area contributed by atoms with Gasteiger partial charge in [0.25, 0.3) is 0 Å². The van der Waals surface area contributed by atoms with Gasteiger partial charge in [0.1, 0.15) is 5.75 Å². The van der Waals surface area contributed by atoms with E-state index in [9.17, 15) is 4.79 Å². The van der Waals surface area contributed by atoms with E-state index in [2.05, 4.69) is 0 Å². The summed E-state index contributed by atoms with van der Waals surface area (Å²) in [5, 5.41) is 1.96. The third kappa shape index (κ3) is 1.72. The Labute approximate surface area is 93.8 Å². The second-order valence-corrected chi connectivity index (χ2v) is 3.72. The first kappa shape index (κ1) is 10.5. The fourth-order valence-corrected chi connectivity index (χ4v) is 1.74. The number of carbonyl (C=O) groups excluding carboxylic acids is 1. The topological polar surface area (TPSA) is 52.3 Å². The zero-order chi connectivity index (χ0) is 11.7. The van der Waals surface area contributed by atoms with E-state index in [0.717, 1.165) is 10.8 Å². The van der Waals surface area contributed by atoms with Crippen LogP contribution < -0.4 is 10.5 Å². The van der Waals surface area contributed by atoms with Crippen molar-refractivity contribution in [2.75, 3.05) is 12.8 Å². The number of nitrogen functional groups attached to an aromatic ring is 1. The summed E-state index contributed by atoms with van der Waals surface area (Å²) in [6.07, 6.45) is 0. The predicted octanol–water partition coefficient (Wildman–Crippen LogP) is 2.63. The number of ketones is 1. The van der Waals surface area contributed by atoms with Gasteiger partial charge in [-0.05, 0) is 42.0 Å². The van der Waals surface area contributed by atoms with Gasteiger partial charge in [-0.3, -0.25) is 4.79 Å². The Morgan fingerprint density at radius 2 is 1.94 bits per heavy atom. The van der Waals surface area contributed by atoms with Gasteiger partial charge >= 0.3 is 0 Å². The Kier molecular flexibility index (Phi) is 2.52. The molecule has 0 atom stereocenters. The molecule has 0 saturated carbocycles. The predicted molar refractivity (Wildman–Crippen MR) is 64.9 cm³/mol. The van der Waals surface area contributed by atoms with Crippen molar-refractivity contribution < 1.29 is 9.53 Å². The number of hydrogen-bond acceptors (Lipinski definition) is 3. The number of methoxy groups -OCH3 is 1. The van der Waals surface area contributed by atoms with E-state index >= 15 is 0 Å². The zero-order valence-electron chi connectivity index (χ0n) is 9.28. The van der Waals surface area contributed by atoms with Gasteiger partial charge in [-0.1, -0.05) is 6.07 Å². The van der Waals surface area contributed by atoms with Crippen LogP contribution in [-0.2, 0) is 0 Å². The highest BCUT2D eigenvalue weighted by Gasteiger charge is 2.09. The van der Waals surface area contributed by atoms with Crippen molar-refractivity contribution in [3.05, 3.63) is 35.9 Å². The van der Waals surface area contributed by atoms with Gasteiger partial charge in [0.05, 0.1) is 12.7 Å². The highest BCUT2D eigenvalue weighted by molar-refractivity contribution is 6.02. The van der Waals surface area contributed by atoms with Crippen molar-refractivity contribution in [3.8, 4) is 5.75 Å². The first-order valence-electron chi connectivity index (χ1n) is 5.00. The quantitative estimate of drug-likeness (QED) is 0.619. The van der Waals surface area contributed by atoms with Gasteiger partial charge in [-0.25, -0.2) is 0 Å². The van der Waals surface area contributed by atoms with E-state index in [1.165, 1.54) is 6.92 Å². The lowest BCUT2D eigenvalue weighted by atomic mass is 10.0. The molecule has 0 aromatic heterocycles. The fourth-order valence-electron chi connectivity index (χ4n) is 1.74. The minimum Gasteiger partial charge on any atom is -0.496 e. The normalized spacial score (nSPS) is 10.4. The molecule has 3 nitrogen and oxygen atoms in total. The lowest BCUT2D eigenvalue weighted by Crippen LogP contribution is -1.97. The van der Waals surface area contributed by atoms with Crippen LogP contribution in [0, 0.1) is 0 Å². The summed E-state index contributed by atoms with van der Waals surface area (Å²) in [7, 11) is 1.56. The Balaban J connectivity index is 2.75. The second kappa shape index (κ2) is 3.85. The number of carbonyl (C=O) groups is 1. The van der Waals surface area contributed by atoms with Gasteiger partial charge in [0.2, 0.25) is 0 Å². The summed E-state index contributed by atoms with van der Waals surface area (Å²) in [4.78, 5) is 11.4. The molecule has 0 unspecified atom stereocenters. The molecule has 0 heterocycles. The van der Waals surface area contributed by atoms with Crippen molar-refractivity contribution in [1.82, 2.24) is 0 Å². The maximum atomic E-state index is 11.4. The maximum absolute atomic E-state index is 11.4. The summed E-state index contributed by atoms with van der Waals surface area (Å²) in [5.74, 6) is 0.589. The minimum absolute atomic E-state index is 0.0128. The summed E-state index contributed by atoms with van der Waals surface area (Å²) < 4.78 is 5.19. The Bertz CT molecular complexity index is 561. The summed E-state index contributed by atoms with van der Waals surface area (Å²) in [6.45, 7) is 1.52. The number of rotatable bonds is 2. The first-order valence-corrected chi connectivity index (χ1v) is 5.00. The lowest BCUT2D eigenvalue weighted by molar-refractivity contribution is 0.101. The first-order chi connectivity index (χ1) is 7.61. The van der Waals surface area contributed by atoms with Crippen molar-refractivity contribution in [3.63, 3.8) is 0 Å².